The van der Waals surface area contributed by atoms with Gasteiger partial charge in [-0.05, 0) is 42.5 Å². The second-order valence-electron chi connectivity index (χ2n) is 7.43. The number of nitrogens with one attached hydrogen (secondary N) is 2. The summed E-state index contributed by atoms with van der Waals surface area (Å²) in [4.78, 5) is 29.5. The van der Waals surface area contributed by atoms with Gasteiger partial charge in [0.05, 0.1) is 29.3 Å². The van der Waals surface area contributed by atoms with Crippen molar-refractivity contribution in [3.05, 3.63) is 89.5 Å². The molecule has 8 heteroatoms. The zero-order valence-electron chi connectivity index (χ0n) is 18.3. The smallest absolute Gasteiger partial charge is 0.259 e. The molecule has 1 heterocycles. The van der Waals surface area contributed by atoms with Crippen molar-refractivity contribution in [1.82, 2.24) is 14.9 Å². The number of aryl methyl sites for hydroxylation is 1. The molecule has 2 amide bonds. The minimum Gasteiger partial charge on any atom is -0.496 e. The molecule has 0 saturated heterocycles. The van der Waals surface area contributed by atoms with Crippen LogP contribution in [0.4, 0.5) is 10.1 Å². The average Bonchev–Trinajstić information content (AvgIpc) is 3.13. The number of rotatable bonds is 7. The number of benzene rings is 3. The molecule has 2 N–H and O–H groups in total. The third-order valence-corrected chi connectivity index (χ3v) is 5.34. The van der Waals surface area contributed by atoms with Crippen LogP contribution in [0.15, 0.2) is 66.7 Å². The van der Waals surface area contributed by atoms with Crippen molar-refractivity contribution in [2.75, 3.05) is 19.0 Å². The van der Waals surface area contributed by atoms with E-state index in [0.717, 1.165) is 11.3 Å². The lowest BCUT2D eigenvalue weighted by Gasteiger charge is -2.09. The Morgan fingerprint density at radius 2 is 1.73 bits per heavy atom. The van der Waals surface area contributed by atoms with Crippen molar-refractivity contribution in [1.29, 1.82) is 0 Å². The number of ether oxygens (including phenoxy) is 1. The van der Waals surface area contributed by atoms with E-state index in [0.29, 0.717) is 35.5 Å². The number of carbonyl (C=O) groups excluding carboxylic acids is 2. The standard InChI is InChI=1S/C25H23FN4O3/c1-30-21-12-11-16(28-25(32)18-8-4-6-10-22(18)33-2)15-20(21)29-23(30)13-14-27-24(31)17-7-3-5-9-19(17)26/h3-12,15H,13-14H2,1-2H3,(H,27,31)(H,28,32). The van der Waals surface area contributed by atoms with Gasteiger partial charge < -0.3 is 19.9 Å². The zero-order chi connectivity index (χ0) is 23.4. The fourth-order valence-corrected chi connectivity index (χ4v) is 3.61. The highest BCUT2D eigenvalue weighted by molar-refractivity contribution is 6.06. The highest BCUT2D eigenvalue weighted by Gasteiger charge is 2.14. The highest BCUT2D eigenvalue weighted by Crippen LogP contribution is 2.23. The molecule has 0 spiro atoms. The first kappa shape index (κ1) is 22.0. The van der Waals surface area contributed by atoms with Crippen molar-refractivity contribution >= 4 is 28.5 Å². The Morgan fingerprint density at radius 1 is 1.00 bits per heavy atom. The van der Waals surface area contributed by atoms with Gasteiger partial charge in [-0.15, -0.1) is 0 Å². The van der Waals surface area contributed by atoms with Crippen LogP contribution in [-0.4, -0.2) is 35.0 Å². The van der Waals surface area contributed by atoms with Crippen LogP contribution in [0.3, 0.4) is 0 Å². The minimum absolute atomic E-state index is 0.0120. The summed E-state index contributed by atoms with van der Waals surface area (Å²) in [6.45, 7) is 0.307. The van der Waals surface area contributed by atoms with E-state index in [1.807, 2.05) is 17.7 Å². The number of hydrogen-bond donors (Lipinski definition) is 2. The minimum atomic E-state index is -0.555. The van der Waals surface area contributed by atoms with Crippen LogP contribution in [0.2, 0.25) is 0 Å². The number of halogens is 1. The SMILES string of the molecule is COc1ccccc1C(=O)Nc1ccc2c(c1)nc(CCNC(=O)c1ccccc1F)n2C. The molecule has 168 valence electrons. The van der Waals surface area contributed by atoms with Crippen LogP contribution in [0, 0.1) is 5.82 Å². The van der Waals surface area contributed by atoms with Gasteiger partial charge in [-0.1, -0.05) is 24.3 Å². The Balaban J connectivity index is 1.45. The molecule has 0 aliphatic carbocycles. The van der Waals surface area contributed by atoms with Crippen LogP contribution in [0.25, 0.3) is 11.0 Å². The Hall–Kier alpha value is -4.20. The first-order chi connectivity index (χ1) is 16.0. The molecule has 0 bridgehead atoms. The largest absolute Gasteiger partial charge is 0.496 e. The number of imidazole rings is 1. The van der Waals surface area contributed by atoms with E-state index in [1.165, 1.54) is 19.2 Å². The molecular weight excluding hydrogens is 423 g/mol. The van der Waals surface area contributed by atoms with Gasteiger partial charge in [-0.25, -0.2) is 9.37 Å². The maximum absolute atomic E-state index is 13.8. The fraction of sp³-hybridized carbons (Fsp3) is 0.160. The molecule has 0 radical (unpaired) electrons. The number of nitrogens with zero attached hydrogens (tertiary/aromatic N) is 2. The van der Waals surface area contributed by atoms with Crippen molar-refractivity contribution in [3.63, 3.8) is 0 Å². The first-order valence-corrected chi connectivity index (χ1v) is 10.4. The van der Waals surface area contributed by atoms with Crippen LogP contribution >= 0.6 is 0 Å². The summed E-state index contributed by atoms with van der Waals surface area (Å²) < 4.78 is 20.9. The molecule has 0 atom stereocenters. The lowest BCUT2D eigenvalue weighted by Crippen LogP contribution is -2.27. The molecule has 4 aromatic rings. The van der Waals surface area contributed by atoms with E-state index in [2.05, 4.69) is 15.6 Å². The second-order valence-corrected chi connectivity index (χ2v) is 7.43. The molecule has 4 rings (SSSR count). The normalized spacial score (nSPS) is 10.8. The summed E-state index contributed by atoms with van der Waals surface area (Å²) in [6.07, 6.45) is 0.467. The van der Waals surface area contributed by atoms with E-state index in [1.54, 1.807) is 48.5 Å². The summed E-state index contributed by atoms with van der Waals surface area (Å²) in [5.74, 6) is -0.0480. The number of aromatic nitrogens is 2. The lowest BCUT2D eigenvalue weighted by molar-refractivity contribution is 0.0949. The summed E-state index contributed by atoms with van der Waals surface area (Å²) in [5.41, 5.74) is 2.66. The third kappa shape index (κ3) is 4.69. The van der Waals surface area contributed by atoms with Gasteiger partial charge in [-0.3, -0.25) is 9.59 Å². The number of amides is 2. The maximum Gasteiger partial charge on any atom is 0.259 e. The lowest BCUT2D eigenvalue weighted by atomic mass is 10.2. The molecule has 0 unspecified atom stereocenters. The van der Waals surface area contributed by atoms with Crippen LogP contribution in [0.1, 0.15) is 26.5 Å². The summed E-state index contributed by atoms with van der Waals surface area (Å²) in [6, 6.07) is 18.3. The average molecular weight is 446 g/mol. The molecule has 0 saturated carbocycles. The van der Waals surface area contributed by atoms with Crippen molar-refractivity contribution in [2.45, 2.75) is 6.42 Å². The van der Waals surface area contributed by atoms with Gasteiger partial charge in [0.1, 0.15) is 17.4 Å². The van der Waals surface area contributed by atoms with Crippen LogP contribution in [0.5, 0.6) is 5.75 Å². The zero-order valence-corrected chi connectivity index (χ0v) is 18.3. The number of fused-ring (bicyclic) bond motifs is 1. The summed E-state index contributed by atoms with van der Waals surface area (Å²) in [5, 5.41) is 5.60. The number of anilines is 1. The molecular formula is C25H23FN4O3. The predicted octanol–water partition coefficient (Wildman–Crippen LogP) is 3.95. The van der Waals surface area contributed by atoms with Gasteiger partial charge >= 0.3 is 0 Å². The van der Waals surface area contributed by atoms with Gasteiger partial charge in [0.25, 0.3) is 11.8 Å². The summed E-state index contributed by atoms with van der Waals surface area (Å²) >= 11 is 0. The third-order valence-electron chi connectivity index (χ3n) is 5.34. The summed E-state index contributed by atoms with van der Waals surface area (Å²) in [7, 11) is 3.41. The van der Waals surface area contributed by atoms with Gasteiger partial charge in [0.2, 0.25) is 0 Å². The van der Waals surface area contributed by atoms with Crippen molar-refractivity contribution in [2.24, 2.45) is 7.05 Å². The Morgan fingerprint density at radius 3 is 2.48 bits per heavy atom. The van der Waals surface area contributed by atoms with Crippen LogP contribution < -0.4 is 15.4 Å². The van der Waals surface area contributed by atoms with Crippen LogP contribution in [-0.2, 0) is 13.5 Å². The number of hydrogen-bond acceptors (Lipinski definition) is 4. The van der Waals surface area contributed by atoms with E-state index in [9.17, 15) is 14.0 Å². The Kier molecular flexibility index (Phi) is 6.35. The molecule has 0 aliphatic heterocycles. The monoisotopic (exact) mass is 446 g/mol. The Bertz CT molecular complexity index is 1330. The maximum atomic E-state index is 13.8. The molecule has 1 aromatic heterocycles. The van der Waals surface area contributed by atoms with Gasteiger partial charge in [0, 0.05) is 25.7 Å². The molecule has 0 fully saturated rings. The molecule has 33 heavy (non-hydrogen) atoms. The number of para-hydroxylation sites is 1. The topological polar surface area (TPSA) is 85.2 Å². The van der Waals surface area contributed by atoms with Crippen molar-refractivity contribution < 1.29 is 18.7 Å². The molecule has 7 nitrogen and oxygen atoms in total. The first-order valence-electron chi connectivity index (χ1n) is 10.4. The Labute approximate surface area is 190 Å². The van der Waals surface area contributed by atoms with Gasteiger partial charge in [-0.2, -0.15) is 0 Å². The molecule has 0 aliphatic rings. The van der Waals surface area contributed by atoms with Crippen molar-refractivity contribution in [3.8, 4) is 5.75 Å². The highest BCUT2D eigenvalue weighted by atomic mass is 19.1. The number of methoxy groups -OCH3 is 1. The molecule has 3 aromatic carbocycles. The second kappa shape index (κ2) is 9.52. The predicted molar refractivity (Wildman–Crippen MR) is 124 cm³/mol. The van der Waals surface area contributed by atoms with E-state index in [4.69, 9.17) is 4.74 Å². The quantitative estimate of drug-likeness (QED) is 0.450. The number of carbonyl (C=O) groups is 2. The fourth-order valence-electron chi connectivity index (χ4n) is 3.61. The van der Waals surface area contributed by atoms with Gasteiger partial charge in [0.15, 0.2) is 0 Å². The van der Waals surface area contributed by atoms with E-state index in [-0.39, 0.29) is 11.5 Å². The van der Waals surface area contributed by atoms with E-state index >= 15 is 0 Å². The van der Waals surface area contributed by atoms with E-state index < -0.39 is 11.7 Å².